The molecule has 0 aliphatic carbocycles. The van der Waals surface area contributed by atoms with Gasteiger partial charge in [0.1, 0.15) is 11.6 Å². The van der Waals surface area contributed by atoms with Crippen molar-refractivity contribution in [1.82, 2.24) is 10.2 Å². The first-order valence-corrected chi connectivity index (χ1v) is 7.05. The maximum Gasteiger partial charge on any atom is 0.131 e. The summed E-state index contributed by atoms with van der Waals surface area (Å²) in [4.78, 5) is 2.50. The van der Waals surface area contributed by atoms with Gasteiger partial charge in [0, 0.05) is 18.2 Å². The van der Waals surface area contributed by atoms with Gasteiger partial charge in [-0.3, -0.25) is 0 Å². The third kappa shape index (κ3) is 4.48. The van der Waals surface area contributed by atoms with Crippen LogP contribution in [0.3, 0.4) is 0 Å². The first-order chi connectivity index (χ1) is 9.29. The zero-order valence-corrected chi connectivity index (χ0v) is 11.6. The molecule has 1 N–H and O–H groups in total. The summed E-state index contributed by atoms with van der Waals surface area (Å²) in [6.07, 6.45) is 3.80. The lowest BCUT2D eigenvalue weighted by Crippen LogP contribution is -2.24. The molecule has 1 aromatic carbocycles. The second-order valence-electron chi connectivity index (χ2n) is 5.04. The van der Waals surface area contributed by atoms with Crippen LogP contribution in [0.5, 0.6) is 5.75 Å². The molecule has 3 nitrogen and oxygen atoms in total. The van der Waals surface area contributed by atoms with E-state index in [1.165, 1.54) is 32.0 Å². The summed E-state index contributed by atoms with van der Waals surface area (Å²) in [5, 5.41) is 3.30. The first kappa shape index (κ1) is 14.3. The highest BCUT2D eigenvalue weighted by atomic mass is 19.1. The molecule has 0 amide bonds. The molecule has 1 heterocycles. The molecule has 0 aromatic heterocycles. The number of rotatable bonds is 7. The minimum Gasteiger partial charge on any atom is -0.497 e. The number of ether oxygens (including phenoxy) is 1. The van der Waals surface area contributed by atoms with Crippen LogP contribution >= 0.6 is 0 Å². The number of hydrogen-bond acceptors (Lipinski definition) is 3. The largest absolute Gasteiger partial charge is 0.497 e. The van der Waals surface area contributed by atoms with E-state index >= 15 is 0 Å². The third-order valence-corrected chi connectivity index (χ3v) is 3.60. The molecule has 1 aliphatic heterocycles. The van der Waals surface area contributed by atoms with Crippen LogP contribution in [0.1, 0.15) is 24.8 Å². The highest BCUT2D eigenvalue weighted by molar-refractivity contribution is 5.28. The minimum absolute atomic E-state index is 0.202. The van der Waals surface area contributed by atoms with E-state index in [4.69, 9.17) is 4.74 Å². The first-order valence-electron chi connectivity index (χ1n) is 7.05. The summed E-state index contributed by atoms with van der Waals surface area (Å²) in [6, 6.07) is 5.01. The average Bonchev–Trinajstić information content (AvgIpc) is 2.93. The van der Waals surface area contributed by atoms with Crippen LogP contribution in [0.2, 0.25) is 0 Å². The zero-order valence-electron chi connectivity index (χ0n) is 11.6. The van der Waals surface area contributed by atoms with Crippen molar-refractivity contribution in [2.24, 2.45) is 0 Å². The summed E-state index contributed by atoms with van der Waals surface area (Å²) < 4.78 is 18.6. The number of benzene rings is 1. The molecule has 0 radical (unpaired) electrons. The summed E-state index contributed by atoms with van der Waals surface area (Å²) in [5.74, 6) is 0.363. The summed E-state index contributed by atoms with van der Waals surface area (Å²) in [7, 11) is 1.55. The lowest BCUT2D eigenvalue weighted by Gasteiger charge is -2.14. The van der Waals surface area contributed by atoms with E-state index < -0.39 is 0 Å². The predicted molar refractivity (Wildman–Crippen MR) is 74.9 cm³/mol. The van der Waals surface area contributed by atoms with Gasteiger partial charge < -0.3 is 15.0 Å². The second kappa shape index (κ2) is 7.46. The molecule has 1 fully saturated rings. The summed E-state index contributed by atoms with van der Waals surface area (Å²) >= 11 is 0. The fourth-order valence-corrected chi connectivity index (χ4v) is 2.46. The number of methoxy groups -OCH3 is 1. The lowest BCUT2D eigenvalue weighted by molar-refractivity contribution is 0.331. The van der Waals surface area contributed by atoms with Crippen molar-refractivity contribution >= 4 is 0 Å². The van der Waals surface area contributed by atoms with Crippen molar-refractivity contribution in [1.29, 1.82) is 0 Å². The van der Waals surface area contributed by atoms with E-state index in [0.717, 1.165) is 19.5 Å². The molecular weight excluding hydrogens is 243 g/mol. The Morgan fingerprint density at radius 2 is 2.11 bits per heavy atom. The van der Waals surface area contributed by atoms with E-state index in [2.05, 4.69) is 10.2 Å². The Balaban J connectivity index is 1.64. The van der Waals surface area contributed by atoms with Crippen LogP contribution in [0.4, 0.5) is 4.39 Å². The second-order valence-corrected chi connectivity index (χ2v) is 5.04. The van der Waals surface area contributed by atoms with Crippen LogP contribution in [0.25, 0.3) is 0 Å². The van der Waals surface area contributed by atoms with Crippen molar-refractivity contribution in [3.8, 4) is 5.75 Å². The van der Waals surface area contributed by atoms with Gasteiger partial charge in [-0.1, -0.05) is 6.07 Å². The Kier molecular flexibility index (Phi) is 5.61. The van der Waals surface area contributed by atoms with Crippen molar-refractivity contribution in [3.05, 3.63) is 29.6 Å². The van der Waals surface area contributed by atoms with Gasteiger partial charge in [0.15, 0.2) is 0 Å². The normalized spacial score (nSPS) is 15.9. The van der Waals surface area contributed by atoms with E-state index in [0.29, 0.717) is 17.9 Å². The van der Waals surface area contributed by atoms with Crippen molar-refractivity contribution in [2.45, 2.75) is 25.8 Å². The smallest absolute Gasteiger partial charge is 0.131 e. The Hall–Kier alpha value is -1.13. The van der Waals surface area contributed by atoms with Gasteiger partial charge in [0.05, 0.1) is 7.11 Å². The quantitative estimate of drug-likeness (QED) is 0.767. The Bertz CT molecular complexity index is 392. The highest BCUT2D eigenvalue weighted by Gasteiger charge is 2.10. The van der Waals surface area contributed by atoms with Crippen LogP contribution < -0.4 is 10.1 Å². The lowest BCUT2D eigenvalue weighted by atomic mass is 10.2. The standard InChI is InChI=1S/C15H23FN2O/c1-19-14-6-5-13(15(16)11-14)12-17-7-4-10-18-8-2-3-9-18/h5-6,11,17H,2-4,7-10,12H2,1H3. The molecular formula is C15H23FN2O. The van der Waals surface area contributed by atoms with Gasteiger partial charge in [-0.15, -0.1) is 0 Å². The fraction of sp³-hybridized carbons (Fsp3) is 0.600. The molecule has 0 saturated carbocycles. The van der Waals surface area contributed by atoms with Gasteiger partial charge in [0.2, 0.25) is 0 Å². The molecule has 1 aromatic rings. The topological polar surface area (TPSA) is 24.5 Å². The Morgan fingerprint density at radius 1 is 1.32 bits per heavy atom. The molecule has 1 saturated heterocycles. The number of nitrogens with one attached hydrogen (secondary N) is 1. The number of hydrogen-bond donors (Lipinski definition) is 1. The molecule has 0 unspecified atom stereocenters. The SMILES string of the molecule is COc1ccc(CNCCCN2CCCC2)c(F)c1. The van der Waals surface area contributed by atoms with Crippen molar-refractivity contribution in [3.63, 3.8) is 0 Å². The summed E-state index contributed by atoms with van der Waals surface area (Å²) in [6.45, 7) is 5.15. The Morgan fingerprint density at radius 3 is 2.79 bits per heavy atom. The molecule has 106 valence electrons. The van der Waals surface area contributed by atoms with E-state index in [-0.39, 0.29) is 5.82 Å². The number of nitrogens with zero attached hydrogens (tertiary/aromatic N) is 1. The van der Waals surface area contributed by atoms with Gasteiger partial charge >= 0.3 is 0 Å². The van der Waals surface area contributed by atoms with Crippen molar-refractivity contribution in [2.75, 3.05) is 33.3 Å². The van der Waals surface area contributed by atoms with E-state index in [9.17, 15) is 4.39 Å². The molecule has 2 rings (SSSR count). The monoisotopic (exact) mass is 266 g/mol. The predicted octanol–water partition coefficient (Wildman–Crippen LogP) is 2.41. The van der Waals surface area contributed by atoms with Crippen LogP contribution in [0, 0.1) is 5.82 Å². The highest BCUT2D eigenvalue weighted by Crippen LogP contribution is 2.15. The van der Waals surface area contributed by atoms with Gasteiger partial charge in [-0.05, 0) is 51.5 Å². The number of halogens is 1. The zero-order chi connectivity index (χ0) is 13.5. The maximum atomic E-state index is 13.7. The van der Waals surface area contributed by atoms with Gasteiger partial charge in [-0.25, -0.2) is 4.39 Å². The van der Waals surface area contributed by atoms with Crippen LogP contribution in [0.15, 0.2) is 18.2 Å². The number of likely N-dealkylation sites (tertiary alicyclic amines) is 1. The molecule has 19 heavy (non-hydrogen) atoms. The molecule has 4 heteroatoms. The maximum absolute atomic E-state index is 13.7. The average molecular weight is 266 g/mol. The van der Waals surface area contributed by atoms with Crippen molar-refractivity contribution < 1.29 is 9.13 Å². The third-order valence-electron chi connectivity index (χ3n) is 3.60. The van der Waals surface area contributed by atoms with Gasteiger partial charge in [0.25, 0.3) is 0 Å². The van der Waals surface area contributed by atoms with Crippen LogP contribution in [-0.4, -0.2) is 38.2 Å². The summed E-state index contributed by atoms with van der Waals surface area (Å²) in [5.41, 5.74) is 0.696. The minimum atomic E-state index is -0.202. The van der Waals surface area contributed by atoms with Crippen LogP contribution in [-0.2, 0) is 6.54 Å². The fourth-order valence-electron chi connectivity index (χ4n) is 2.46. The van der Waals surface area contributed by atoms with Gasteiger partial charge in [-0.2, -0.15) is 0 Å². The molecule has 1 aliphatic rings. The molecule has 0 bridgehead atoms. The Labute approximate surface area is 114 Å². The molecule has 0 atom stereocenters. The molecule has 0 spiro atoms. The van der Waals surface area contributed by atoms with E-state index in [1.807, 2.05) is 0 Å². The van der Waals surface area contributed by atoms with E-state index in [1.54, 1.807) is 19.2 Å².